The number of fused-ring (bicyclic) bond motifs is 1. The maximum absolute atomic E-state index is 15.8. The molecule has 1 N–H and O–H groups in total. The second kappa shape index (κ2) is 9.90. The summed E-state index contributed by atoms with van der Waals surface area (Å²) in [6, 6.07) is 3.64. The largest absolute Gasteiger partial charge is 0.355 e. The van der Waals surface area contributed by atoms with Gasteiger partial charge in [-0.05, 0) is 31.9 Å². The first-order chi connectivity index (χ1) is 18.4. The molecule has 12 heteroatoms. The molecule has 0 aliphatic carbocycles. The predicted octanol–water partition coefficient (Wildman–Crippen LogP) is 2.62. The number of nitrogens with one attached hydrogen (secondary N) is 1. The number of anilines is 2. The third kappa shape index (κ3) is 4.80. The van der Waals surface area contributed by atoms with Gasteiger partial charge in [-0.25, -0.2) is 9.18 Å². The number of imide groups is 1. The molecule has 0 radical (unpaired) electrons. The van der Waals surface area contributed by atoms with E-state index in [4.69, 9.17) is 0 Å². The van der Waals surface area contributed by atoms with Gasteiger partial charge in [-0.1, -0.05) is 0 Å². The molecular weight excluding hydrogens is 489 g/mol. The summed E-state index contributed by atoms with van der Waals surface area (Å²) < 4.78 is 17.8. The number of rotatable bonds is 5. The Morgan fingerprint density at radius 3 is 2.53 bits per heavy atom. The van der Waals surface area contributed by atoms with Gasteiger partial charge >= 0.3 is 6.03 Å². The molecule has 3 aromatic rings. The van der Waals surface area contributed by atoms with Crippen molar-refractivity contribution >= 4 is 34.3 Å². The first kappa shape index (κ1) is 24.7. The molecule has 11 nitrogen and oxygen atoms in total. The molecule has 0 aromatic carbocycles. The van der Waals surface area contributed by atoms with Gasteiger partial charge in [-0.15, -0.1) is 5.10 Å². The standard InChI is InChI=1S/C26H32FN9O2/c1-18-2-3-23(32-31-18)34-12-7-26(27,8-13-34)17-33-9-4-19(5-10-33)36-22-16-28-15-21(20(22)14-29-36)35-11-6-24(37)30-25(35)38/h2-3,14-16,19H,4-13,17H2,1H3,(H,30,37,38). The lowest BCUT2D eigenvalue weighted by Gasteiger charge is -2.41. The number of urea groups is 1. The normalized spacial score (nSPS) is 21.2. The summed E-state index contributed by atoms with van der Waals surface area (Å²) in [6.45, 7) is 5.55. The van der Waals surface area contributed by atoms with Crippen LogP contribution in [0.1, 0.15) is 43.8 Å². The zero-order valence-electron chi connectivity index (χ0n) is 21.5. The van der Waals surface area contributed by atoms with E-state index in [-0.39, 0.29) is 18.4 Å². The molecule has 3 aliphatic heterocycles. The Morgan fingerprint density at radius 1 is 1.03 bits per heavy atom. The molecule has 0 saturated carbocycles. The fourth-order valence-corrected chi connectivity index (χ4v) is 5.82. The molecule has 3 saturated heterocycles. The quantitative estimate of drug-likeness (QED) is 0.545. The highest BCUT2D eigenvalue weighted by Gasteiger charge is 2.38. The number of halogens is 1. The maximum Gasteiger partial charge on any atom is 0.328 e. The Bertz CT molecular complexity index is 1330. The van der Waals surface area contributed by atoms with Gasteiger partial charge in [-0.3, -0.25) is 24.7 Å². The molecular formula is C26H32FN9O2. The van der Waals surface area contributed by atoms with E-state index in [9.17, 15) is 9.59 Å². The topological polar surface area (TPSA) is 112 Å². The Labute approximate surface area is 220 Å². The second-order valence-electron chi connectivity index (χ2n) is 10.6. The summed E-state index contributed by atoms with van der Waals surface area (Å²) in [5.74, 6) is 0.548. The van der Waals surface area contributed by atoms with E-state index in [1.54, 1.807) is 23.5 Å². The van der Waals surface area contributed by atoms with E-state index in [1.807, 2.05) is 23.7 Å². The smallest absolute Gasteiger partial charge is 0.328 e. The highest BCUT2D eigenvalue weighted by molar-refractivity contribution is 6.09. The summed E-state index contributed by atoms with van der Waals surface area (Å²) in [5.41, 5.74) is 1.19. The van der Waals surface area contributed by atoms with Crippen LogP contribution in [0, 0.1) is 6.92 Å². The van der Waals surface area contributed by atoms with Crippen molar-refractivity contribution in [2.75, 3.05) is 49.1 Å². The molecule has 3 aliphatic rings. The molecule has 6 heterocycles. The van der Waals surface area contributed by atoms with Gasteiger partial charge in [0.15, 0.2) is 5.82 Å². The number of carbonyl (C=O) groups is 2. The highest BCUT2D eigenvalue weighted by Crippen LogP contribution is 2.34. The van der Waals surface area contributed by atoms with Crippen LogP contribution in [0.4, 0.5) is 20.7 Å². The minimum absolute atomic E-state index is 0.176. The van der Waals surface area contributed by atoms with E-state index in [2.05, 4.69) is 35.4 Å². The number of carbonyl (C=O) groups excluding carboxylic acids is 2. The van der Waals surface area contributed by atoms with Gasteiger partial charge in [0.1, 0.15) is 5.67 Å². The van der Waals surface area contributed by atoms with E-state index in [0.29, 0.717) is 44.7 Å². The Hall–Kier alpha value is -3.67. The Kier molecular flexibility index (Phi) is 6.42. The zero-order chi connectivity index (χ0) is 26.3. The molecule has 200 valence electrons. The summed E-state index contributed by atoms with van der Waals surface area (Å²) in [7, 11) is 0. The van der Waals surface area contributed by atoms with Crippen LogP contribution in [-0.4, -0.2) is 86.7 Å². The van der Waals surface area contributed by atoms with E-state index in [0.717, 1.165) is 48.3 Å². The van der Waals surface area contributed by atoms with Crippen molar-refractivity contribution < 1.29 is 14.0 Å². The molecule has 6 rings (SSSR count). The first-order valence-electron chi connectivity index (χ1n) is 13.3. The summed E-state index contributed by atoms with van der Waals surface area (Å²) in [4.78, 5) is 34.2. The first-order valence-corrected chi connectivity index (χ1v) is 13.3. The maximum atomic E-state index is 15.8. The summed E-state index contributed by atoms with van der Waals surface area (Å²) >= 11 is 0. The molecule has 0 bridgehead atoms. The van der Waals surface area contributed by atoms with Crippen molar-refractivity contribution in [2.24, 2.45) is 0 Å². The molecule has 0 spiro atoms. The number of pyridine rings is 1. The highest BCUT2D eigenvalue weighted by atomic mass is 19.1. The average molecular weight is 522 g/mol. The average Bonchev–Trinajstić information content (AvgIpc) is 3.35. The lowest BCUT2D eigenvalue weighted by Crippen LogP contribution is -2.50. The molecule has 3 aromatic heterocycles. The lowest BCUT2D eigenvalue weighted by atomic mass is 9.91. The molecule has 0 unspecified atom stereocenters. The number of piperidine rings is 2. The second-order valence-corrected chi connectivity index (χ2v) is 10.6. The van der Waals surface area contributed by atoms with Crippen LogP contribution in [0.15, 0.2) is 30.7 Å². The fraction of sp³-hybridized carbons (Fsp3) is 0.538. The number of likely N-dealkylation sites (tertiary alicyclic amines) is 1. The van der Waals surface area contributed by atoms with Gasteiger partial charge in [0, 0.05) is 63.9 Å². The van der Waals surface area contributed by atoms with Crippen molar-refractivity contribution in [3.05, 3.63) is 36.4 Å². The van der Waals surface area contributed by atoms with Crippen molar-refractivity contribution in [1.29, 1.82) is 0 Å². The number of hydrogen-bond donors (Lipinski definition) is 1. The SMILES string of the molecule is Cc1ccc(N2CCC(F)(CN3CCC(n4ncc5c(N6CCC(=O)NC6=O)cncc54)CC3)CC2)nn1. The van der Waals surface area contributed by atoms with Crippen LogP contribution in [-0.2, 0) is 4.79 Å². The van der Waals surface area contributed by atoms with Gasteiger partial charge < -0.3 is 9.80 Å². The Morgan fingerprint density at radius 2 is 1.82 bits per heavy atom. The fourth-order valence-electron chi connectivity index (χ4n) is 5.82. The van der Waals surface area contributed by atoms with Crippen molar-refractivity contribution in [3.63, 3.8) is 0 Å². The van der Waals surface area contributed by atoms with E-state index >= 15 is 4.39 Å². The number of amides is 3. The van der Waals surface area contributed by atoms with Gasteiger partial charge in [0.2, 0.25) is 5.91 Å². The van der Waals surface area contributed by atoms with Crippen molar-refractivity contribution in [1.82, 2.24) is 35.2 Å². The molecule has 0 atom stereocenters. The monoisotopic (exact) mass is 521 g/mol. The van der Waals surface area contributed by atoms with Crippen LogP contribution in [0.2, 0.25) is 0 Å². The van der Waals surface area contributed by atoms with Crippen molar-refractivity contribution in [2.45, 2.75) is 50.7 Å². The van der Waals surface area contributed by atoms with Crippen LogP contribution in [0.3, 0.4) is 0 Å². The molecule has 3 fully saturated rings. The van der Waals surface area contributed by atoms with Crippen LogP contribution >= 0.6 is 0 Å². The zero-order valence-corrected chi connectivity index (χ0v) is 21.5. The van der Waals surface area contributed by atoms with Gasteiger partial charge in [0.05, 0.1) is 41.5 Å². The van der Waals surface area contributed by atoms with Gasteiger partial charge in [-0.2, -0.15) is 10.2 Å². The number of alkyl halides is 1. The van der Waals surface area contributed by atoms with E-state index < -0.39 is 11.7 Å². The lowest BCUT2D eigenvalue weighted by molar-refractivity contribution is -0.120. The molecule has 3 amide bonds. The van der Waals surface area contributed by atoms with Crippen molar-refractivity contribution in [3.8, 4) is 0 Å². The third-order valence-corrected chi connectivity index (χ3v) is 8.03. The van der Waals surface area contributed by atoms with Crippen LogP contribution < -0.4 is 15.1 Å². The number of nitrogens with zero attached hydrogens (tertiary/aromatic N) is 8. The minimum Gasteiger partial charge on any atom is -0.355 e. The number of aryl methyl sites for hydroxylation is 1. The third-order valence-electron chi connectivity index (χ3n) is 8.03. The minimum atomic E-state index is -1.20. The molecule has 38 heavy (non-hydrogen) atoms. The van der Waals surface area contributed by atoms with E-state index in [1.165, 1.54) is 0 Å². The Balaban J connectivity index is 1.07. The van der Waals surface area contributed by atoms with Crippen LogP contribution in [0.25, 0.3) is 10.9 Å². The van der Waals surface area contributed by atoms with Gasteiger partial charge in [0.25, 0.3) is 0 Å². The summed E-state index contributed by atoms with van der Waals surface area (Å²) in [5, 5.41) is 16.2. The number of hydrogen-bond acceptors (Lipinski definition) is 8. The van der Waals surface area contributed by atoms with Crippen LogP contribution in [0.5, 0.6) is 0 Å². The predicted molar refractivity (Wildman–Crippen MR) is 140 cm³/mol. The number of aromatic nitrogens is 5. The summed E-state index contributed by atoms with van der Waals surface area (Å²) in [6.07, 6.45) is 8.13.